The molecule has 0 spiro atoms. The number of aryl methyl sites for hydroxylation is 1. The third-order valence-corrected chi connectivity index (χ3v) is 6.48. The molecule has 3 aromatic carbocycles. The second-order valence-corrected chi connectivity index (χ2v) is 9.89. The molecule has 210 valence electrons. The van der Waals surface area contributed by atoms with Crippen molar-refractivity contribution in [3.8, 4) is 0 Å². The Hall–Kier alpha value is -4.98. The minimum absolute atomic E-state index is 0.0899. The SMILES string of the molecule is Cc1ccc(NC(=O)/C=C\C(=O)N(c2ccc(C(C)C)cc2)[C@@H](C(=O)NCc2ccco2)c2ccc(F)cc2)cc1. The van der Waals surface area contributed by atoms with Gasteiger partial charge in [0.05, 0.1) is 12.8 Å². The maximum atomic E-state index is 13.8. The lowest BCUT2D eigenvalue weighted by molar-refractivity contribution is -0.125. The van der Waals surface area contributed by atoms with Gasteiger partial charge in [0.2, 0.25) is 11.8 Å². The second-order valence-electron chi connectivity index (χ2n) is 9.89. The standard InChI is InChI=1S/C33H32FN3O4/c1-22(2)24-10-16-28(17-11-24)37(31(39)19-18-30(38)36-27-14-6-23(3)7-15-27)32(25-8-12-26(34)13-9-25)33(40)35-21-29-5-4-20-41-29/h4-20,22,32H,21H2,1-3H3,(H,35,40)(H,36,38)/b19-18-/t32-/m1/s1. The summed E-state index contributed by atoms with van der Waals surface area (Å²) in [7, 11) is 0. The fraction of sp³-hybridized carbons (Fsp3) is 0.182. The molecule has 0 bridgehead atoms. The summed E-state index contributed by atoms with van der Waals surface area (Å²) in [5, 5.41) is 5.53. The zero-order chi connectivity index (χ0) is 29.4. The smallest absolute Gasteiger partial charge is 0.252 e. The Morgan fingerprint density at radius 3 is 2.15 bits per heavy atom. The highest BCUT2D eigenvalue weighted by Crippen LogP contribution is 2.30. The van der Waals surface area contributed by atoms with E-state index in [0.29, 0.717) is 22.7 Å². The minimum Gasteiger partial charge on any atom is -0.467 e. The fourth-order valence-electron chi connectivity index (χ4n) is 4.22. The lowest BCUT2D eigenvalue weighted by atomic mass is 10.0. The predicted octanol–water partition coefficient (Wildman–Crippen LogP) is 6.44. The molecule has 4 aromatic rings. The molecule has 0 radical (unpaired) electrons. The van der Waals surface area contributed by atoms with Gasteiger partial charge in [-0.25, -0.2) is 4.39 Å². The van der Waals surface area contributed by atoms with Crippen LogP contribution < -0.4 is 15.5 Å². The molecule has 0 unspecified atom stereocenters. The minimum atomic E-state index is -1.17. The highest BCUT2D eigenvalue weighted by atomic mass is 19.1. The molecule has 0 aliphatic carbocycles. The molecular weight excluding hydrogens is 521 g/mol. The Bertz CT molecular complexity index is 1490. The van der Waals surface area contributed by atoms with Crippen molar-refractivity contribution in [3.05, 3.63) is 132 Å². The van der Waals surface area contributed by atoms with Gasteiger partial charge >= 0.3 is 0 Å². The van der Waals surface area contributed by atoms with Crippen LogP contribution in [0, 0.1) is 12.7 Å². The molecule has 0 aliphatic heterocycles. The number of hydrogen-bond donors (Lipinski definition) is 2. The molecule has 2 N–H and O–H groups in total. The van der Waals surface area contributed by atoms with Crippen molar-refractivity contribution in [1.82, 2.24) is 5.32 Å². The van der Waals surface area contributed by atoms with Crippen molar-refractivity contribution in [2.45, 2.75) is 39.3 Å². The number of amides is 3. The number of carbonyl (C=O) groups is 3. The topological polar surface area (TPSA) is 91.7 Å². The highest BCUT2D eigenvalue weighted by molar-refractivity contribution is 6.10. The first-order valence-electron chi connectivity index (χ1n) is 13.3. The molecule has 0 fully saturated rings. The van der Waals surface area contributed by atoms with Gasteiger partial charge in [0.1, 0.15) is 17.6 Å². The molecule has 0 aliphatic rings. The Kier molecular flexibility index (Phi) is 9.47. The van der Waals surface area contributed by atoms with Gasteiger partial charge in [0.25, 0.3) is 5.91 Å². The van der Waals surface area contributed by atoms with Crippen LogP contribution in [0.1, 0.15) is 48.3 Å². The van der Waals surface area contributed by atoms with Crippen molar-refractivity contribution >= 4 is 29.1 Å². The number of anilines is 2. The van der Waals surface area contributed by atoms with E-state index in [1.54, 1.807) is 36.4 Å². The number of nitrogens with zero attached hydrogens (tertiary/aromatic N) is 1. The average Bonchev–Trinajstić information content (AvgIpc) is 3.49. The molecule has 1 aromatic heterocycles. The van der Waals surface area contributed by atoms with Gasteiger partial charge in [0.15, 0.2) is 0 Å². The van der Waals surface area contributed by atoms with Crippen LogP contribution in [0.2, 0.25) is 0 Å². The van der Waals surface area contributed by atoms with Crippen LogP contribution in [0.25, 0.3) is 0 Å². The van der Waals surface area contributed by atoms with Gasteiger partial charge in [0, 0.05) is 23.5 Å². The summed E-state index contributed by atoms with van der Waals surface area (Å²) in [6.07, 6.45) is 3.74. The number of nitrogens with one attached hydrogen (secondary N) is 2. The number of rotatable bonds is 10. The molecule has 41 heavy (non-hydrogen) atoms. The predicted molar refractivity (Wildman–Crippen MR) is 157 cm³/mol. The third-order valence-electron chi connectivity index (χ3n) is 6.48. The van der Waals surface area contributed by atoms with Crippen LogP contribution >= 0.6 is 0 Å². The maximum absolute atomic E-state index is 13.8. The largest absolute Gasteiger partial charge is 0.467 e. The van der Waals surface area contributed by atoms with Gasteiger partial charge in [-0.15, -0.1) is 0 Å². The van der Waals surface area contributed by atoms with Crippen LogP contribution in [-0.4, -0.2) is 17.7 Å². The zero-order valence-electron chi connectivity index (χ0n) is 23.1. The van der Waals surface area contributed by atoms with Gasteiger partial charge < -0.3 is 15.1 Å². The quantitative estimate of drug-likeness (QED) is 0.221. The molecule has 1 atom stereocenters. The lowest BCUT2D eigenvalue weighted by Gasteiger charge is -2.31. The summed E-state index contributed by atoms with van der Waals surface area (Å²) in [6.45, 7) is 6.13. The number of carbonyl (C=O) groups excluding carboxylic acids is 3. The first-order chi connectivity index (χ1) is 19.7. The van der Waals surface area contributed by atoms with Crippen LogP contribution in [0.15, 0.2) is 108 Å². The van der Waals surface area contributed by atoms with Gasteiger partial charge in [-0.05, 0) is 72.5 Å². The van der Waals surface area contributed by atoms with Crippen LogP contribution in [0.5, 0.6) is 0 Å². The molecule has 8 heteroatoms. The van der Waals surface area contributed by atoms with E-state index in [-0.39, 0.29) is 12.5 Å². The van der Waals surface area contributed by atoms with Crippen molar-refractivity contribution in [1.29, 1.82) is 0 Å². The van der Waals surface area contributed by atoms with Crippen molar-refractivity contribution in [3.63, 3.8) is 0 Å². The molecule has 1 heterocycles. The summed E-state index contributed by atoms with van der Waals surface area (Å²) >= 11 is 0. The number of benzene rings is 3. The van der Waals surface area contributed by atoms with Crippen molar-refractivity contribution < 1.29 is 23.2 Å². The molecule has 7 nitrogen and oxygen atoms in total. The summed E-state index contributed by atoms with van der Waals surface area (Å²) in [5.74, 6) is -1.31. The van der Waals surface area contributed by atoms with E-state index in [0.717, 1.165) is 23.3 Å². The first kappa shape index (κ1) is 29.0. The van der Waals surface area contributed by atoms with Crippen LogP contribution in [0.3, 0.4) is 0 Å². The Morgan fingerprint density at radius 2 is 1.54 bits per heavy atom. The Labute approximate surface area is 238 Å². The van der Waals surface area contributed by atoms with Crippen molar-refractivity contribution in [2.75, 3.05) is 10.2 Å². The maximum Gasteiger partial charge on any atom is 0.252 e. The molecule has 3 amide bonds. The summed E-state index contributed by atoms with van der Waals surface area (Å²) < 4.78 is 19.2. The number of furan rings is 1. The average molecular weight is 554 g/mol. The van der Waals surface area contributed by atoms with Crippen LogP contribution in [0.4, 0.5) is 15.8 Å². The van der Waals surface area contributed by atoms with E-state index in [4.69, 9.17) is 4.42 Å². The van der Waals surface area contributed by atoms with E-state index in [2.05, 4.69) is 24.5 Å². The van der Waals surface area contributed by atoms with E-state index in [9.17, 15) is 18.8 Å². The number of halogens is 1. The third kappa shape index (κ3) is 7.79. The highest BCUT2D eigenvalue weighted by Gasteiger charge is 2.32. The second kappa shape index (κ2) is 13.4. The normalized spacial score (nSPS) is 11.8. The molecule has 0 saturated heterocycles. The van der Waals surface area contributed by atoms with E-state index in [1.165, 1.54) is 35.4 Å². The van der Waals surface area contributed by atoms with E-state index < -0.39 is 29.6 Å². The summed E-state index contributed by atoms with van der Waals surface area (Å²) in [6, 6.07) is 22.2. The Morgan fingerprint density at radius 1 is 0.878 bits per heavy atom. The van der Waals surface area contributed by atoms with E-state index >= 15 is 0 Å². The first-order valence-corrected chi connectivity index (χ1v) is 13.3. The molecular formula is C33H32FN3O4. The van der Waals surface area contributed by atoms with Gasteiger partial charge in [-0.1, -0.05) is 55.8 Å². The lowest BCUT2D eigenvalue weighted by Crippen LogP contribution is -2.43. The Balaban J connectivity index is 1.69. The monoisotopic (exact) mass is 553 g/mol. The van der Waals surface area contributed by atoms with Crippen LogP contribution in [-0.2, 0) is 20.9 Å². The fourth-order valence-corrected chi connectivity index (χ4v) is 4.22. The molecule has 0 saturated carbocycles. The number of hydrogen-bond acceptors (Lipinski definition) is 4. The van der Waals surface area contributed by atoms with Gasteiger partial charge in [-0.2, -0.15) is 0 Å². The summed E-state index contributed by atoms with van der Waals surface area (Å²) in [4.78, 5) is 41.4. The molecule has 4 rings (SSSR count). The van der Waals surface area contributed by atoms with Gasteiger partial charge in [-0.3, -0.25) is 19.3 Å². The van der Waals surface area contributed by atoms with E-state index in [1.807, 2.05) is 31.2 Å². The van der Waals surface area contributed by atoms with Crippen molar-refractivity contribution in [2.24, 2.45) is 0 Å². The zero-order valence-corrected chi connectivity index (χ0v) is 23.1. The summed E-state index contributed by atoms with van der Waals surface area (Å²) in [5.41, 5.74) is 3.51.